The number of carbonyl (C=O) groups is 1. The monoisotopic (exact) mass is 494 g/mol. The van der Waals surface area contributed by atoms with E-state index in [1.165, 1.54) is 0 Å². The molecule has 1 amide bonds. The van der Waals surface area contributed by atoms with E-state index in [4.69, 9.17) is 34.7 Å². The fourth-order valence-corrected chi connectivity index (χ4v) is 4.56. The summed E-state index contributed by atoms with van der Waals surface area (Å²) in [5.74, 6) is -2.79. The van der Waals surface area contributed by atoms with Crippen LogP contribution in [-0.4, -0.2) is 28.6 Å². The zero-order chi connectivity index (χ0) is 23.0. The van der Waals surface area contributed by atoms with Gasteiger partial charge in [0.05, 0.1) is 27.0 Å². The van der Waals surface area contributed by atoms with Gasteiger partial charge in [-0.05, 0) is 30.4 Å². The van der Waals surface area contributed by atoms with Gasteiger partial charge in [0.15, 0.2) is 17.6 Å². The zero-order valence-electron chi connectivity index (χ0n) is 16.1. The summed E-state index contributed by atoms with van der Waals surface area (Å²) in [4.78, 5) is 16.7. The number of hydrogen-bond acceptors (Lipinski definition) is 5. The summed E-state index contributed by atoms with van der Waals surface area (Å²) >= 11 is 13.6. The number of rotatable bonds is 3. The molecular weight excluding hydrogens is 481 g/mol. The molecule has 0 aromatic heterocycles. The number of benzene rings is 2. The average molecular weight is 495 g/mol. The first-order valence-corrected chi connectivity index (χ1v) is 10.6. The molecule has 0 fully saturated rings. The number of fused-ring (bicyclic) bond motifs is 1. The lowest BCUT2D eigenvalue weighted by Crippen LogP contribution is -2.42. The van der Waals surface area contributed by atoms with Gasteiger partial charge in [-0.25, -0.2) is 18.8 Å². The minimum absolute atomic E-state index is 0.0572. The number of amides is 1. The van der Waals surface area contributed by atoms with Crippen LogP contribution in [0.2, 0.25) is 10.0 Å². The van der Waals surface area contributed by atoms with Gasteiger partial charge in [0.2, 0.25) is 0 Å². The van der Waals surface area contributed by atoms with Gasteiger partial charge >= 0.3 is 0 Å². The van der Waals surface area contributed by atoms with Gasteiger partial charge in [-0.3, -0.25) is 4.79 Å². The molecule has 0 radical (unpaired) electrons. The summed E-state index contributed by atoms with van der Waals surface area (Å²) in [5, 5.41) is 9.80. The van der Waals surface area contributed by atoms with E-state index < -0.39 is 11.6 Å². The Morgan fingerprint density at radius 2 is 1.84 bits per heavy atom. The van der Waals surface area contributed by atoms with Gasteiger partial charge in [-0.15, -0.1) is 0 Å². The van der Waals surface area contributed by atoms with Gasteiger partial charge in [0.25, 0.3) is 5.91 Å². The van der Waals surface area contributed by atoms with Crippen molar-refractivity contribution >= 4 is 63.1 Å². The second-order valence-electron chi connectivity index (χ2n) is 6.56. The van der Waals surface area contributed by atoms with Gasteiger partial charge in [0, 0.05) is 16.5 Å². The van der Waals surface area contributed by atoms with Crippen molar-refractivity contribution in [1.82, 2.24) is 10.3 Å². The maximum absolute atomic E-state index is 13.8. The quantitative estimate of drug-likeness (QED) is 0.442. The Hall–Kier alpha value is -3.08. The predicted molar refractivity (Wildman–Crippen MR) is 122 cm³/mol. The van der Waals surface area contributed by atoms with Crippen LogP contribution in [0, 0.1) is 11.6 Å². The minimum atomic E-state index is -1.08. The fraction of sp³-hybridized carbons (Fsp3) is 0.0500. The van der Waals surface area contributed by atoms with Crippen LogP contribution in [-0.2, 0) is 4.79 Å². The van der Waals surface area contributed by atoms with E-state index in [-0.39, 0.29) is 34.7 Å². The van der Waals surface area contributed by atoms with E-state index in [2.05, 4.69) is 15.4 Å². The molecule has 32 heavy (non-hydrogen) atoms. The van der Waals surface area contributed by atoms with Crippen LogP contribution in [0.1, 0.15) is 5.56 Å². The summed E-state index contributed by atoms with van der Waals surface area (Å²) in [6, 6.07) is 6.82. The molecule has 5 N–H and O–H groups in total. The van der Waals surface area contributed by atoms with E-state index in [1.54, 1.807) is 35.4 Å². The van der Waals surface area contributed by atoms with Gasteiger partial charge in [-0.1, -0.05) is 41.0 Å². The molecule has 0 saturated heterocycles. The second kappa shape index (κ2) is 8.81. The van der Waals surface area contributed by atoms with Gasteiger partial charge < -0.3 is 16.8 Å². The number of halogens is 4. The molecule has 4 rings (SSSR count). The lowest BCUT2D eigenvalue weighted by atomic mass is 10.0. The molecule has 164 valence electrons. The number of guanidine groups is 1. The van der Waals surface area contributed by atoms with E-state index in [9.17, 15) is 13.6 Å². The third-order valence-corrected chi connectivity index (χ3v) is 6.04. The number of hydrogen-bond donors (Lipinski definition) is 3. The number of hydrazone groups is 1. The summed E-state index contributed by atoms with van der Waals surface area (Å²) < 4.78 is 27.5. The molecule has 2 aromatic carbocycles. The highest BCUT2D eigenvalue weighted by molar-refractivity contribution is 8.14. The number of nitrogens with zero attached hydrogens (tertiary/aromatic N) is 3. The summed E-state index contributed by atoms with van der Waals surface area (Å²) in [6.45, 7) is 0.0900. The van der Waals surface area contributed by atoms with Crippen LogP contribution in [0.3, 0.4) is 0 Å². The van der Waals surface area contributed by atoms with Crippen LogP contribution in [0.15, 0.2) is 63.2 Å². The van der Waals surface area contributed by atoms with Crippen molar-refractivity contribution in [3.05, 3.63) is 75.4 Å². The number of allylic oxidation sites excluding steroid dienone is 1. The smallest absolute Gasteiger partial charge is 0.255 e. The van der Waals surface area contributed by atoms with Crippen LogP contribution in [0.25, 0.3) is 5.57 Å². The molecule has 0 spiro atoms. The highest BCUT2D eigenvalue weighted by Gasteiger charge is 2.30. The molecule has 2 heterocycles. The lowest BCUT2D eigenvalue weighted by molar-refractivity contribution is -0.116. The van der Waals surface area contributed by atoms with Crippen molar-refractivity contribution in [2.45, 2.75) is 4.90 Å². The summed E-state index contributed by atoms with van der Waals surface area (Å²) in [7, 11) is 0. The van der Waals surface area contributed by atoms with Crippen molar-refractivity contribution in [2.75, 3.05) is 6.67 Å². The van der Waals surface area contributed by atoms with Crippen molar-refractivity contribution in [3.63, 3.8) is 0 Å². The minimum Gasteiger partial charge on any atom is -0.370 e. The van der Waals surface area contributed by atoms with Crippen LogP contribution in [0.5, 0.6) is 0 Å². The Labute approximate surface area is 195 Å². The molecule has 2 aromatic rings. The van der Waals surface area contributed by atoms with Crippen LogP contribution >= 0.6 is 35.0 Å². The highest BCUT2D eigenvalue weighted by Crippen LogP contribution is 2.38. The van der Waals surface area contributed by atoms with E-state index in [0.717, 1.165) is 23.9 Å². The number of nitrogens with two attached hydrogens (primary N) is 2. The number of thioether (sulfide) groups is 1. The molecule has 0 unspecified atom stereocenters. The molecule has 0 bridgehead atoms. The van der Waals surface area contributed by atoms with Crippen LogP contribution < -0.4 is 16.8 Å². The van der Waals surface area contributed by atoms with Gasteiger partial charge in [-0.2, -0.15) is 5.10 Å². The highest BCUT2D eigenvalue weighted by atomic mass is 35.5. The van der Waals surface area contributed by atoms with Crippen LogP contribution in [0.4, 0.5) is 14.5 Å². The van der Waals surface area contributed by atoms with Crippen molar-refractivity contribution in [3.8, 4) is 0 Å². The summed E-state index contributed by atoms with van der Waals surface area (Å²) in [5.41, 5.74) is 12.0. The van der Waals surface area contributed by atoms with Crippen molar-refractivity contribution in [1.29, 1.82) is 0 Å². The molecule has 2 aliphatic rings. The van der Waals surface area contributed by atoms with Crippen molar-refractivity contribution in [2.24, 2.45) is 21.6 Å². The first-order chi connectivity index (χ1) is 15.2. The molecule has 2 aliphatic heterocycles. The zero-order valence-corrected chi connectivity index (χ0v) is 18.4. The maximum Gasteiger partial charge on any atom is 0.255 e. The largest absolute Gasteiger partial charge is 0.370 e. The van der Waals surface area contributed by atoms with E-state index in [0.29, 0.717) is 26.3 Å². The number of carbonyl (C=O) groups excluding carboxylic acids is 1. The van der Waals surface area contributed by atoms with Crippen molar-refractivity contribution < 1.29 is 13.6 Å². The third-order valence-electron chi connectivity index (χ3n) is 4.43. The lowest BCUT2D eigenvalue weighted by Gasteiger charge is -2.31. The average Bonchev–Trinajstić information content (AvgIpc) is 2.72. The molecule has 12 heteroatoms. The maximum atomic E-state index is 13.8. The number of nitrogens with one attached hydrogen (secondary N) is 1. The van der Waals surface area contributed by atoms with E-state index in [1.807, 2.05) is 0 Å². The normalized spacial score (nSPS) is 15.3. The summed E-state index contributed by atoms with van der Waals surface area (Å²) in [6.07, 6.45) is 3.30. The Bertz CT molecular complexity index is 1240. The molecular formula is C20H14Cl2F2N6OS. The molecule has 0 saturated carbocycles. The SMILES string of the molecule is NC(N)=Nc1cc(F)c(F)cc1SC1=NN2CNC(=O)C(c3c(Cl)cccc3Cl)=C2C=C1. The Morgan fingerprint density at radius 1 is 1.16 bits per heavy atom. The van der Waals surface area contributed by atoms with Gasteiger partial charge in [0.1, 0.15) is 11.7 Å². The Kier molecular flexibility index (Phi) is 6.09. The third kappa shape index (κ3) is 4.29. The second-order valence-corrected chi connectivity index (χ2v) is 8.44. The molecule has 7 nitrogen and oxygen atoms in total. The Morgan fingerprint density at radius 3 is 2.53 bits per heavy atom. The molecule has 0 aliphatic carbocycles. The Balaban J connectivity index is 1.73. The standard InChI is InChI=1S/C20H14Cl2F2N6OS/c21-9-2-1-3-10(22)17(9)18-14-4-5-16(29-30(14)8-27-19(18)31)32-15-7-12(24)11(23)6-13(15)28-20(25)26/h1-7H,8H2,(H,27,31)(H4,25,26,28). The molecule has 0 atom stereocenters. The fourth-order valence-electron chi connectivity index (χ4n) is 3.10. The predicted octanol–water partition coefficient (Wildman–Crippen LogP) is 3.95. The first kappa shape index (κ1) is 22.1. The topological polar surface area (TPSA) is 109 Å². The van der Waals surface area contributed by atoms with E-state index >= 15 is 0 Å². The first-order valence-electron chi connectivity index (χ1n) is 9.02. The number of aliphatic imine (C=N–C) groups is 1.